The summed E-state index contributed by atoms with van der Waals surface area (Å²) in [5.41, 5.74) is -2.84. The smallest absolute Gasteiger partial charge is 0.458 e. The summed E-state index contributed by atoms with van der Waals surface area (Å²) >= 11 is 0. The number of fused-ring (bicyclic) bond motifs is 4. The molecule has 4 rings (SSSR count). The number of rotatable bonds is 5. The van der Waals surface area contributed by atoms with Gasteiger partial charge in [0.2, 0.25) is 0 Å². The zero-order valence-corrected chi connectivity index (χ0v) is 29.4. The van der Waals surface area contributed by atoms with Gasteiger partial charge in [-0.05, 0) is 67.0 Å². The Hall–Kier alpha value is -2.68. The first kappa shape index (κ1) is 37.1. The molecule has 0 radical (unpaired) electrons. The van der Waals surface area contributed by atoms with Crippen molar-refractivity contribution < 1.29 is 62.2 Å². The molecule has 0 spiro atoms. The van der Waals surface area contributed by atoms with Gasteiger partial charge in [-0.15, -0.1) is 0 Å². The van der Waals surface area contributed by atoms with Gasteiger partial charge in [-0.25, -0.2) is 9.59 Å². The van der Waals surface area contributed by atoms with E-state index < -0.39 is 96.1 Å². The second-order valence-corrected chi connectivity index (χ2v) is 14.5. The fourth-order valence-corrected chi connectivity index (χ4v) is 8.12. The second-order valence-electron chi connectivity index (χ2n) is 14.5. The van der Waals surface area contributed by atoms with Crippen molar-refractivity contribution in [2.45, 2.75) is 148 Å². The molecule has 0 saturated carbocycles. The third kappa shape index (κ3) is 7.35. The maximum Gasteiger partial charge on any atom is 0.509 e. The molecule has 4 saturated heterocycles. The zero-order chi connectivity index (χ0) is 35.2. The van der Waals surface area contributed by atoms with Crippen LogP contribution in [0.5, 0.6) is 0 Å². The standard InChI is InChI=1S/C33H53NO13/c1-12-22-33(9)27(45-31(39)47-33)19(6)24-15(2)14-32(8,46-30(38)43-24)26(17(4)23(36)18(5)28(37)42-22)44-29-25(41-20(7)35)21(34(10)11)13-16(3)40-29/h15-19,21-27,29,36H,12-14H2,1-11H3/t15-,16-,17+,18-,19-,21+,22+,23+,24+,25-,26-,27-,29+,32?,33-/m1/s1. The highest BCUT2D eigenvalue weighted by Crippen LogP contribution is 2.45. The number of aliphatic hydroxyl groups is 1. The number of ether oxygens (including phenoxy) is 8. The van der Waals surface area contributed by atoms with E-state index in [-0.39, 0.29) is 30.9 Å². The molecule has 0 aromatic rings. The number of nitrogens with zero attached hydrogens (tertiary/aromatic N) is 1. The van der Waals surface area contributed by atoms with Crippen LogP contribution in [0.3, 0.4) is 0 Å². The summed E-state index contributed by atoms with van der Waals surface area (Å²) in [5.74, 6) is -4.17. The third-order valence-corrected chi connectivity index (χ3v) is 10.5. The van der Waals surface area contributed by atoms with E-state index in [1.54, 1.807) is 34.6 Å². The van der Waals surface area contributed by atoms with E-state index in [1.165, 1.54) is 13.8 Å². The monoisotopic (exact) mass is 671 g/mol. The van der Waals surface area contributed by atoms with Crippen molar-refractivity contribution in [1.82, 2.24) is 4.90 Å². The van der Waals surface area contributed by atoms with Crippen LogP contribution in [0.25, 0.3) is 0 Å². The summed E-state index contributed by atoms with van der Waals surface area (Å²) in [7, 11) is 3.74. The molecule has 1 N–H and O–H groups in total. The van der Waals surface area contributed by atoms with Gasteiger partial charge in [0.15, 0.2) is 24.1 Å². The zero-order valence-electron chi connectivity index (χ0n) is 29.4. The van der Waals surface area contributed by atoms with Crippen LogP contribution < -0.4 is 0 Å². The van der Waals surface area contributed by atoms with Gasteiger partial charge in [0.25, 0.3) is 0 Å². The quantitative estimate of drug-likeness (QED) is 0.333. The Bertz CT molecular complexity index is 1180. The number of likely N-dealkylation sites (N-methyl/N-ethyl adjacent to an activating group) is 1. The second kappa shape index (κ2) is 14.0. The minimum atomic E-state index is -1.43. The molecular weight excluding hydrogens is 618 g/mol. The van der Waals surface area contributed by atoms with E-state index >= 15 is 0 Å². The number of carbonyl (C=O) groups excluding carboxylic acids is 4. The number of aliphatic hydroxyl groups excluding tert-OH is 1. The molecule has 4 heterocycles. The number of cyclic esters (lactones) is 1. The molecule has 2 bridgehead atoms. The molecule has 0 aliphatic carbocycles. The molecule has 4 fully saturated rings. The van der Waals surface area contributed by atoms with E-state index in [9.17, 15) is 24.3 Å². The average molecular weight is 672 g/mol. The number of hydrogen-bond donors (Lipinski definition) is 1. The fraction of sp³-hybridized carbons (Fsp3) is 0.879. The van der Waals surface area contributed by atoms with Crippen molar-refractivity contribution in [3.05, 3.63) is 0 Å². The minimum Gasteiger partial charge on any atom is -0.458 e. The molecule has 47 heavy (non-hydrogen) atoms. The van der Waals surface area contributed by atoms with Crippen molar-refractivity contribution in [2.75, 3.05) is 14.1 Å². The number of esters is 2. The summed E-state index contributed by atoms with van der Waals surface area (Å²) in [6, 6.07) is -0.270. The van der Waals surface area contributed by atoms with Gasteiger partial charge >= 0.3 is 24.2 Å². The van der Waals surface area contributed by atoms with Crippen LogP contribution in [0.1, 0.15) is 81.6 Å². The molecule has 14 heteroatoms. The average Bonchev–Trinajstić information content (AvgIpc) is 3.23. The summed E-state index contributed by atoms with van der Waals surface area (Å²) in [4.78, 5) is 53.9. The van der Waals surface area contributed by atoms with Crippen LogP contribution in [0, 0.1) is 23.7 Å². The fourth-order valence-electron chi connectivity index (χ4n) is 8.12. The highest BCUT2D eigenvalue weighted by atomic mass is 16.8. The van der Waals surface area contributed by atoms with Crippen molar-refractivity contribution in [3.63, 3.8) is 0 Å². The first-order chi connectivity index (χ1) is 21.8. The van der Waals surface area contributed by atoms with Gasteiger partial charge in [-0.1, -0.05) is 27.7 Å². The molecule has 4 aliphatic rings. The topological polar surface area (TPSA) is 166 Å². The maximum atomic E-state index is 13.6. The summed E-state index contributed by atoms with van der Waals surface area (Å²) < 4.78 is 47.9. The molecule has 1 unspecified atom stereocenters. The largest absolute Gasteiger partial charge is 0.509 e. The van der Waals surface area contributed by atoms with Gasteiger partial charge in [0, 0.05) is 18.8 Å². The van der Waals surface area contributed by atoms with Crippen LogP contribution in [0.2, 0.25) is 0 Å². The Kier molecular flexibility index (Phi) is 11.1. The first-order valence-electron chi connectivity index (χ1n) is 16.6. The van der Waals surface area contributed by atoms with Crippen LogP contribution in [0.15, 0.2) is 0 Å². The summed E-state index contributed by atoms with van der Waals surface area (Å²) in [6.45, 7) is 15.2. The van der Waals surface area contributed by atoms with Crippen molar-refractivity contribution in [3.8, 4) is 0 Å². The van der Waals surface area contributed by atoms with Gasteiger partial charge in [-0.3, -0.25) is 9.59 Å². The molecule has 0 aromatic carbocycles. The van der Waals surface area contributed by atoms with Crippen molar-refractivity contribution in [2.24, 2.45) is 23.7 Å². The normalized spacial score (nSPS) is 46.1. The lowest BCUT2D eigenvalue weighted by Gasteiger charge is -2.47. The Morgan fingerprint density at radius 1 is 0.979 bits per heavy atom. The lowest BCUT2D eigenvalue weighted by atomic mass is 9.73. The van der Waals surface area contributed by atoms with E-state index in [2.05, 4.69) is 0 Å². The molecule has 14 nitrogen and oxygen atoms in total. The molecule has 4 aliphatic heterocycles. The number of hydrogen-bond acceptors (Lipinski definition) is 14. The molecular formula is C33H53NO13. The van der Waals surface area contributed by atoms with E-state index in [1.807, 2.05) is 32.8 Å². The predicted octanol–water partition coefficient (Wildman–Crippen LogP) is 3.59. The number of carbonyl (C=O) groups is 4. The SMILES string of the molecule is CC[C@@H]1OC(=O)[C@H](C)[C@@H](O)[C@H](C)[C@@H](O[C@@H]2O[C@H](C)C[C@H](N(C)C)[C@H]2OC(C)=O)C2(C)C[C@@H](C)[C@H](OC(=O)O2)[C@@H](C)[C@H]2OC(=O)O[C@]12C. The molecule has 15 atom stereocenters. The lowest BCUT2D eigenvalue weighted by Crippen LogP contribution is -2.60. The van der Waals surface area contributed by atoms with E-state index in [4.69, 9.17) is 37.9 Å². The van der Waals surface area contributed by atoms with Gasteiger partial charge in [0.05, 0.1) is 24.2 Å². The highest BCUT2D eigenvalue weighted by molar-refractivity contribution is 5.73. The van der Waals surface area contributed by atoms with Gasteiger partial charge in [-0.2, -0.15) is 0 Å². The molecule has 268 valence electrons. The van der Waals surface area contributed by atoms with E-state index in [0.29, 0.717) is 6.42 Å². The highest BCUT2D eigenvalue weighted by Gasteiger charge is 2.61. The van der Waals surface area contributed by atoms with Gasteiger partial charge in [0.1, 0.15) is 23.9 Å². The van der Waals surface area contributed by atoms with Crippen molar-refractivity contribution >= 4 is 24.2 Å². The first-order valence-corrected chi connectivity index (χ1v) is 16.6. The van der Waals surface area contributed by atoms with Crippen LogP contribution in [0.4, 0.5) is 9.59 Å². The van der Waals surface area contributed by atoms with Crippen LogP contribution in [-0.2, 0) is 47.5 Å². The maximum absolute atomic E-state index is 13.6. The summed E-state index contributed by atoms with van der Waals surface area (Å²) in [5, 5.41) is 11.8. The summed E-state index contributed by atoms with van der Waals surface area (Å²) in [6.07, 6.45) is -8.27. The Balaban J connectivity index is 1.82. The third-order valence-electron chi connectivity index (χ3n) is 10.5. The Morgan fingerprint density at radius 3 is 2.21 bits per heavy atom. The van der Waals surface area contributed by atoms with Crippen molar-refractivity contribution in [1.29, 1.82) is 0 Å². The van der Waals surface area contributed by atoms with E-state index in [0.717, 1.165) is 0 Å². The van der Waals surface area contributed by atoms with Crippen LogP contribution >= 0.6 is 0 Å². The predicted molar refractivity (Wildman–Crippen MR) is 164 cm³/mol. The molecule has 0 aromatic heterocycles. The Morgan fingerprint density at radius 2 is 1.62 bits per heavy atom. The lowest BCUT2D eigenvalue weighted by molar-refractivity contribution is -0.300. The van der Waals surface area contributed by atoms with Crippen LogP contribution in [-0.4, -0.2) is 115 Å². The molecule has 0 amide bonds. The minimum absolute atomic E-state index is 0.196. The Labute approximate surface area is 277 Å². The van der Waals surface area contributed by atoms with Gasteiger partial charge < -0.3 is 47.9 Å².